The molecule has 0 aliphatic carbocycles. The van der Waals surface area contributed by atoms with Crippen LogP contribution in [0.2, 0.25) is 0 Å². The van der Waals surface area contributed by atoms with E-state index in [1.54, 1.807) is 0 Å². The van der Waals surface area contributed by atoms with Crippen LogP contribution in [0.4, 0.5) is 5.69 Å². The van der Waals surface area contributed by atoms with Gasteiger partial charge >= 0.3 is 0 Å². The van der Waals surface area contributed by atoms with Crippen LogP contribution in [0.1, 0.15) is 5.56 Å². The second-order valence-electron chi connectivity index (χ2n) is 3.73. The van der Waals surface area contributed by atoms with E-state index in [9.17, 15) is 0 Å². The van der Waals surface area contributed by atoms with Crippen LogP contribution in [-0.2, 0) is 6.54 Å². The van der Waals surface area contributed by atoms with Crippen molar-refractivity contribution in [2.45, 2.75) is 6.54 Å². The van der Waals surface area contributed by atoms with E-state index in [0.29, 0.717) is 0 Å². The molecule has 0 fully saturated rings. The number of halogens is 1. The lowest BCUT2D eigenvalue weighted by molar-refractivity contribution is 0.922. The molecule has 0 atom stereocenters. The molecule has 0 aliphatic heterocycles. The monoisotopic (exact) mass is 274 g/mol. The van der Waals surface area contributed by atoms with Crippen molar-refractivity contribution in [2.24, 2.45) is 0 Å². The van der Waals surface area contributed by atoms with Crippen LogP contribution < -0.4 is 4.90 Å². The predicted molar refractivity (Wildman–Crippen MR) is 71.5 cm³/mol. The summed E-state index contributed by atoms with van der Waals surface area (Å²) < 4.78 is 1.08. The van der Waals surface area contributed by atoms with E-state index < -0.39 is 0 Å². The van der Waals surface area contributed by atoms with Crippen molar-refractivity contribution < 1.29 is 0 Å². The summed E-state index contributed by atoms with van der Waals surface area (Å²) >= 11 is 3.47. The maximum absolute atomic E-state index is 3.47. The molecule has 0 spiro atoms. The van der Waals surface area contributed by atoms with Crippen LogP contribution in [0.25, 0.3) is 0 Å². The van der Waals surface area contributed by atoms with Crippen LogP contribution >= 0.6 is 15.9 Å². The van der Waals surface area contributed by atoms with Crippen molar-refractivity contribution in [1.82, 2.24) is 0 Å². The van der Waals surface area contributed by atoms with Gasteiger partial charge in [-0.25, -0.2) is 0 Å². The molecule has 0 bridgehead atoms. The molecule has 0 unspecified atom stereocenters. The smallest absolute Gasteiger partial charge is 0.0458 e. The molecule has 2 aromatic rings. The van der Waals surface area contributed by atoms with E-state index in [1.165, 1.54) is 5.56 Å². The summed E-state index contributed by atoms with van der Waals surface area (Å²) in [7, 11) is 2.07. The van der Waals surface area contributed by atoms with E-state index >= 15 is 0 Å². The molecule has 0 saturated carbocycles. The summed E-state index contributed by atoms with van der Waals surface area (Å²) in [5, 5.41) is 0. The quantitative estimate of drug-likeness (QED) is 0.821. The lowest BCUT2D eigenvalue weighted by Crippen LogP contribution is -2.16. The van der Waals surface area contributed by atoms with Gasteiger partial charge in [0.25, 0.3) is 0 Å². The standard InChI is InChI=1S/C14H13BrN/c1-16(11-12-6-3-2-4-7-12)14-9-5-8-13(15)10-14/h2-8,10H,11H2,1H3. The number of hydrogen-bond acceptors (Lipinski definition) is 1. The molecule has 0 saturated heterocycles. The van der Waals surface area contributed by atoms with Crippen molar-refractivity contribution >= 4 is 21.6 Å². The predicted octanol–water partition coefficient (Wildman–Crippen LogP) is 3.89. The lowest BCUT2D eigenvalue weighted by atomic mass is 10.2. The molecule has 2 aromatic carbocycles. The highest BCUT2D eigenvalue weighted by atomic mass is 79.9. The second kappa shape index (κ2) is 5.17. The average Bonchev–Trinajstić information content (AvgIpc) is 2.30. The Morgan fingerprint density at radius 1 is 1.19 bits per heavy atom. The van der Waals surface area contributed by atoms with Crippen molar-refractivity contribution in [2.75, 3.05) is 11.9 Å². The average molecular weight is 275 g/mol. The first-order valence-corrected chi connectivity index (χ1v) is 5.97. The Labute approximate surface area is 105 Å². The minimum Gasteiger partial charge on any atom is -0.370 e. The summed E-state index contributed by atoms with van der Waals surface area (Å²) in [4.78, 5) is 2.18. The molecule has 1 radical (unpaired) electrons. The third-order valence-corrected chi connectivity index (χ3v) is 2.92. The minimum absolute atomic E-state index is 0.897. The SMILES string of the molecule is CN(Cc1ccccc1)c1[c]ccc(Br)c1. The summed E-state index contributed by atoms with van der Waals surface area (Å²) in [5.74, 6) is 0. The Hall–Kier alpha value is -1.28. The number of nitrogens with zero attached hydrogens (tertiary/aromatic N) is 1. The maximum Gasteiger partial charge on any atom is 0.0458 e. The van der Waals surface area contributed by atoms with Crippen LogP contribution in [0.3, 0.4) is 0 Å². The van der Waals surface area contributed by atoms with Crippen LogP contribution in [0, 0.1) is 6.07 Å². The summed E-state index contributed by atoms with van der Waals surface area (Å²) in [6.07, 6.45) is 0. The Morgan fingerprint density at radius 3 is 2.62 bits per heavy atom. The zero-order valence-corrected chi connectivity index (χ0v) is 10.7. The number of anilines is 1. The van der Waals surface area contributed by atoms with Crippen molar-refractivity contribution in [1.29, 1.82) is 0 Å². The van der Waals surface area contributed by atoms with Crippen molar-refractivity contribution in [3.63, 3.8) is 0 Å². The number of rotatable bonds is 3. The van der Waals surface area contributed by atoms with Gasteiger partial charge in [-0.3, -0.25) is 0 Å². The fraction of sp³-hybridized carbons (Fsp3) is 0.143. The third-order valence-electron chi connectivity index (χ3n) is 2.42. The van der Waals surface area contributed by atoms with Gasteiger partial charge in [-0.15, -0.1) is 0 Å². The van der Waals surface area contributed by atoms with E-state index in [2.05, 4.69) is 64.3 Å². The molecule has 0 N–H and O–H groups in total. The highest BCUT2D eigenvalue weighted by Gasteiger charge is 2.02. The van der Waals surface area contributed by atoms with Gasteiger partial charge in [0.15, 0.2) is 0 Å². The Morgan fingerprint density at radius 2 is 1.94 bits per heavy atom. The first kappa shape index (κ1) is 11.2. The van der Waals surface area contributed by atoms with Crippen LogP contribution in [0.5, 0.6) is 0 Å². The van der Waals surface area contributed by atoms with Gasteiger partial charge in [0.05, 0.1) is 0 Å². The molecule has 0 aliphatic rings. The second-order valence-corrected chi connectivity index (χ2v) is 4.65. The molecular formula is C14H13BrN. The van der Waals surface area contributed by atoms with Crippen molar-refractivity contribution in [3.05, 3.63) is 64.6 Å². The fourth-order valence-electron chi connectivity index (χ4n) is 1.59. The third kappa shape index (κ3) is 2.86. The molecule has 0 aromatic heterocycles. The van der Waals surface area contributed by atoms with E-state index in [1.807, 2.05) is 18.2 Å². The van der Waals surface area contributed by atoms with E-state index in [4.69, 9.17) is 0 Å². The van der Waals surface area contributed by atoms with Crippen LogP contribution in [0.15, 0.2) is 53.0 Å². The molecule has 1 nitrogen and oxygen atoms in total. The topological polar surface area (TPSA) is 3.24 Å². The van der Waals surface area contributed by atoms with Crippen molar-refractivity contribution in [3.8, 4) is 0 Å². The molecule has 0 amide bonds. The van der Waals surface area contributed by atoms with Gasteiger partial charge < -0.3 is 4.90 Å². The van der Waals surface area contributed by atoms with Gasteiger partial charge in [0.2, 0.25) is 0 Å². The van der Waals surface area contributed by atoms with Gasteiger partial charge in [-0.05, 0) is 17.7 Å². The maximum atomic E-state index is 3.47. The highest BCUT2D eigenvalue weighted by molar-refractivity contribution is 9.10. The molecule has 0 heterocycles. The number of benzene rings is 2. The highest BCUT2D eigenvalue weighted by Crippen LogP contribution is 2.19. The Kier molecular flexibility index (Phi) is 3.62. The molecule has 81 valence electrons. The van der Waals surface area contributed by atoms with E-state index in [-0.39, 0.29) is 0 Å². The van der Waals surface area contributed by atoms with Gasteiger partial charge in [0.1, 0.15) is 0 Å². The zero-order chi connectivity index (χ0) is 11.4. The molecule has 16 heavy (non-hydrogen) atoms. The largest absolute Gasteiger partial charge is 0.370 e. The van der Waals surface area contributed by atoms with Gasteiger partial charge in [-0.2, -0.15) is 0 Å². The van der Waals surface area contributed by atoms with E-state index in [0.717, 1.165) is 16.7 Å². The molecule has 2 rings (SSSR count). The summed E-state index contributed by atoms with van der Waals surface area (Å²) in [5.41, 5.74) is 2.40. The minimum atomic E-state index is 0.897. The normalized spacial score (nSPS) is 10.1. The van der Waals surface area contributed by atoms with Gasteiger partial charge in [0, 0.05) is 29.8 Å². The number of hydrogen-bond donors (Lipinski definition) is 0. The zero-order valence-electron chi connectivity index (χ0n) is 9.15. The van der Waals surface area contributed by atoms with Gasteiger partial charge in [-0.1, -0.05) is 52.3 Å². The molecule has 2 heteroatoms. The summed E-state index contributed by atoms with van der Waals surface area (Å²) in [6, 6.07) is 19.6. The lowest BCUT2D eigenvalue weighted by Gasteiger charge is -2.19. The first-order valence-electron chi connectivity index (χ1n) is 5.18. The first-order chi connectivity index (χ1) is 7.75. The Bertz CT molecular complexity index is 453. The molecular weight excluding hydrogens is 262 g/mol. The summed E-state index contributed by atoms with van der Waals surface area (Å²) in [6.45, 7) is 0.897. The Balaban J connectivity index is 2.12. The fourth-order valence-corrected chi connectivity index (χ4v) is 1.94. The van der Waals surface area contributed by atoms with Crippen LogP contribution in [-0.4, -0.2) is 7.05 Å².